The molecule has 0 radical (unpaired) electrons. The first-order valence-electron chi connectivity index (χ1n) is 9.10. The maximum Gasteiger partial charge on any atom is 0.461 e. The van der Waals surface area contributed by atoms with Gasteiger partial charge in [0.1, 0.15) is 0 Å². The topological polar surface area (TPSA) is 36.9 Å². The molecule has 0 aromatic carbocycles. The molecule has 0 aromatic heterocycles. The van der Waals surface area contributed by atoms with E-state index in [0.29, 0.717) is 0 Å². The molecule has 0 spiro atoms. The summed E-state index contributed by atoms with van der Waals surface area (Å²) in [7, 11) is -0.378. The third kappa shape index (κ3) is 3.98. The maximum atomic E-state index is 6.18. The molecule has 3 rings (SSSR count). The molecular weight excluding hydrogens is 302 g/mol. The molecule has 4 atom stereocenters. The molecule has 24 heavy (non-hydrogen) atoms. The quantitative estimate of drug-likeness (QED) is 0.500. The Morgan fingerprint density at radius 2 is 1.04 bits per heavy atom. The molecule has 4 unspecified atom stereocenters. The van der Waals surface area contributed by atoms with E-state index in [0.717, 1.165) is 12.6 Å². The van der Waals surface area contributed by atoms with Gasteiger partial charge >= 0.3 is 14.2 Å². The molecule has 3 aliphatic heterocycles. The monoisotopic (exact) mass is 332 g/mol. The predicted octanol–water partition coefficient (Wildman–Crippen LogP) is 3.75. The molecule has 2 fully saturated rings. The van der Waals surface area contributed by atoms with Gasteiger partial charge in [-0.1, -0.05) is 65.8 Å². The van der Waals surface area contributed by atoms with Crippen LogP contribution in [0.15, 0.2) is 24.3 Å². The fourth-order valence-electron chi connectivity index (χ4n) is 3.60. The zero-order valence-electron chi connectivity index (χ0n) is 15.8. The second-order valence-corrected chi connectivity index (χ2v) is 9.23. The Hall–Kier alpha value is -0.550. The first-order chi connectivity index (χ1) is 11.1. The smallest absolute Gasteiger partial charge is 0.405 e. The molecule has 2 saturated heterocycles. The number of hydrogen-bond acceptors (Lipinski definition) is 4. The summed E-state index contributed by atoms with van der Waals surface area (Å²) in [5, 5.41) is 0. The van der Waals surface area contributed by atoms with E-state index >= 15 is 0 Å². The van der Waals surface area contributed by atoms with Crippen LogP contribution in [0.3, 0.4) is 0 Å². The van der Waals surface area contributed by atoms with Gasteiger partial charge in [0.25, 0.3) is 0 Å². The lowest BCUT2D eigenvalue weighted by Crippen LogP contribution is -2.35. The highest BCUT2D eigenvalue weighted by molar-refractivity contribution is 6.46. The highest BCUT2D eigenvalue weighted by Gasteiger charge is 2.46. The van der Waals surface area contributed by atoms with Crippen molar-refractivity contribution in [3.05, 3.63) is 24.3 Å². The molecule has 4 bridgehead atoms. The van der Waals surface area contributed by atoms with Crippen LogP contribution in [0, 0.1) is 10.8 Å². The van der Waals surface area contributed by atoms with Crippen LogP contribution in [-0.2, 0) is 18.6 Å². The fourth-order valence-corrected chi connectivity index (χ4v) is 3.60. The van der Waals surface area contributed by atoms with Crippen LogP contribution >= 0.6 is 0 Å². The van der Waals surface area contributed by atoms with Gasteiger partial charge in [-0.15, -0.1) is 0 Å². The predicted molar refractivity (Wildman–Crippen MR) is 97.8 cm³/mol. The number of allylic oxidation sites excluding steroid dienone is 2. The van der Waals surface area contributed by atoms with E-state index in [1.165, 1.54) is 0 Å². The first-order valence-corrected chi connectivity index (χ1v) is 9.10. The minimum atomic E-state index is -0.189. The Balaban J connectivity index is 1.78. The summed E-state index contributed by atoms with van der Waals surface area (Å²) in [6, 6.07) is 0. The zero-order chi connectivity index (χ0) is 17.5. The average Bonchev–Trinajstić information content (AvgIpc) is 3.02. The van der Waals surface area contributed by atoms with Gasteiger partial charge in [0, 0.05) is 12.6 Å². The maximum absolute atomic E-state index is 6.18. The highest BCUT2D eigenvalue weighted by Crippen LogP contribution is 2.36. The Morgan fingerprint density at radius 3 is 1.38 bits per heavy atom. The van der Waals surface area contributed by atoms with Crippen LogP contribution in [0.5, 0.6) is 0 Å². The van der Waals surface area contributed by atoms with Crippen LogP contribution < -0.4 is 0 Å². The largest absolute Gasteiger partial charge is 0.461 e. The average molecular weight is 332 g/mol. The number of fused-ring (bicyclic) bond motifs is 4. The van der Waals surface area contributed by atoms with Crippen LogP contribution in [0.2, 0.25) is 12.6 Å². The lowest BCUT2D eigenvalue weighted by Gasteiger charge is -2.29. The number of rotatable bonds is 0. The van der Waals surface area contributed by atoms with Crippen molar-refractivity contribution in [3.63, 3.8) is 0 Å². The van der Waals surface area contributed by atoms with Crippen molar-refractivity contribution in [2.45, 2.75) is 78.6 Å². The van der Waals surface area contributed by atoms with Crippen molar-refractivity contribution >= 4 is 14.2 Å². The molecule has 3 aliphatic rings. The number of hydrogen-bond donors (Lipinski definition) is 0. The fraction of sp³-hybridized carbons (Fsp3) is 0.778. The minimum Gasteiger partial charge on any atom is -0.405 e. The van der Waals surface area contributed by atoms with E-state index in [1.54, 1.807) is 0 Å². The van der Waals surface area contributed by atoms with Gasteiger partial charge in [-0.05, 0) is 10.8 Å². The Bertz CT molecular complexity index is 460. The Morgan fingerprint density at radius 1 is 0.667 bits per heavy atom. The molecule has 3 heterocycles. The van der Waals surface area contributed by atoms with Gasteiger partial charge in [-0.2, -0.15) is 0 Å². The van der Waals surface area contributed by atoms with Crippen LogP contribution in [0.4, 0.5) is 0 Å². The van der Waals surface area contributed by atoms with E-state index in [9.17, 15) is 0 Å². The molecule has 6 heteroatoms. The molecule has 0 amide bonds. The van der Waals surface area contributed by atoms with Crippen LogP contribution in [0.1, 0.15) is 41.5 Å². The zero-order valence-corrected chi connectivity index (χ0v) is 15.8. The van der Waals surface area contributed by atoms with E-state index in [2.05, 4.69) is 65.8 Å². The molecular formula is C18H30B2O4. The lowest BCUT2D eigenvalue weighted by molar-refractivity contribution is 0.0782. The van der Waals surface area contributed by atoms with Crippen molar-refractivity contribution in [1.82, 2.24) is 0 Å². The highest BCUT2D eigenvalue weighted by atomic mass is 16.7. The normalized spacial score (nSPS) is 37.1. The first kappa shape index (κ1) is 18.2. The molecule has 132 valence electrons. The summed E-state index contributed by atoms with van der Waals surface area (Å²) in [6.45, 7) is 13.2. The van der Waals surface area contributed by atoms with Crippen LogP contribution in [-0.4, -0.2) is 38.7 Å². The minimum absolute atomic E-state index is 0.0153. The third-order valence-corrected chi connectivity index (χ3v) is 4.83. The van der Waals surface area contributed by atoms with Gasteiger partial charge in [-0.3, -0.25) is 0 Å². The van der Waals surface area contributed by atoms with Crippen LogP contribution in [0.25, 0.3) is 0 Å². The van der Waals surface area contributed by atoms with Gasteiger partial charge in [0.2, 0.25) is 0 Å². The second-order valence-electron chi connectivity index (χ2n) is 9.23. The van der Waals surface area contributed by atoms with Crippen molar-refractivity contribution < 1.29 is 18.6 Å². The van der Waals surface area contributed by atoms with E-state index in [-0.39, 0.29) is 49.5 Å². The summed E-state index contributed by atoms with van der Waals surface area (Å²) >= 11 is 0. The van der Waals surface area contributed by atoms with Crippen molar-refractivity contribution in [2.75, 3.05) is 0 Å². The molecule has 0 saturated carbocycles. The van der Waals surface area contributed by atoms with E-state index in [1.807, 2.05) is 0 Å². The van der Waals surface area contributed by atoms with Gasteiger partial charge < -0.3 is 18.6 Å². The SMILES string of the molecule is CC(C)(C)C1OB2C/C=C/C3OB(C/C=C/C1O2)OC3C(C)(C)C. The van der Waals surface area contributed by atoms with E-state index in [4.69, 9.17) is 18.6 Å². The van der Waals surface area contributed by atoms with Gasteiger partial charge in [0.05, 0.1) is 24.4 Å². The van der Waals surface area contributed by atoms with Crippen molar-refractivity contribution in [2.24, 2.45) is 10.8 Å². The summed E-state index contributed by atoms with van der Waals surface area (Å²) in [6.07, 6.45) is 10.0. The van der Waals surface area contributed by atoms with E-state index < -0.39 is 0 Å². The standard InChI is InChI=1S/C18H30B2O4/c1-17(2,3)15-13-9-7-12-20-22-14(16(24-20)18(4,5)6)10-8-11-19(21-13)23-15/h7-10,13-16H,11-12H2,1-6H3/b9-7+,10-8+. The van der Waals surface area contributed by atoms with Gasteiger partial charge in [-0.25, -0.2) is 0 Å². The molecule has 0 N–H and O–H groups in total. The lowest BCUT2D eigenvalue weighted by atomic mass is 9.81. The van der Waals surface area contributed by atoms with Gasteiger partial charge in [0.15, 0.2) is 0 Å². The summed E-state index contributed by atoms with van der Waals surface area (Å²) in [5.41, 5.74) is 0.0774. The Kier molecular flexibility index (Phi) is 5.05. The van der Waals surface area contributed by atoms with Crippen molar-refractivity contribution in [3.8, 4) is 0 Å². The summed E-state index contributed by atoms with van der Waals surface area (Å²) < 4.78 is 24.6. The second kappa shape index (κ2) is 6.64. The molecule has 0 aliphatic carbocycles. The summed E-state index contributed by atoms with van der Waals surface area (Å²) in [4.78, 5) is 0. The molecule has 4 nitrogen and oxygen atoms in total. The summed E-state index contributed by atoms with van der Waals surface area (Å²) in [5.74, 6) is 0. The van der Waals surface area contributed by atoms with Crippen molar-refractivity contribution in [1.29, 1.82) is 0 Å². The Labute approximate surface area is 147 Å². The molecule has 0 aromatic rings. The third-order valence-electron chi connectivity index (χ3n) is 4.83.